The van der Waals surface area contributed by atoms with Crippen molar-refractivity contribution in [3.05, 3.63) is 33.9 Å². The Morgan fingerprint density at radius 2 is 1.96 bits per heavy atom. The van der Waals surface area contributed by atoms with Crippen LogP contribution in [0.15, 0.2) is 28.4 Å². The minimum Gasteiger partial charge on any atom is -0.454 e. The highest BCUT2D eigenvalue weighted by Crippen LogP contribution is 2.31. The molecular weight excluding hydrogens is 326 g/mol. The Bertz CT molecular complexity index is 732. The van der Waals surface area contributed by atoms with E-state index in [2.05, 4.69) is 10.2 Å². The van der Waals surface area contributed by atoms with Gasteiger partial charge in [0.2, 0.25) is 6.79 Å². The molecular formula is C11H11N7O6. The number of fused-ring (bicyclic) bond motifs is 1. The summed E-state index contributed by atoms with van der Waals surface area (Å²) < 4.78 is 10.3. The van der Waals surface area contributed by atoms with Crippen molar-refractivity contribution in [2.24, 2.45) is 15.9 Å². The van der Waals surface area contributed by atoms with Crippen molar-refractivity contribution in [1.29, 1.82) is 0 Å². The number of hydrogen-bond acceptors (Lipinski definition) is 8. The van der Waals surface area contributed by atoms with E-state index in [1.54, 1.807) is 23.6 Å². The molecule has 24 heavy (non-hydrogen) atoms. The fraction of sp³-hybridized carbons (Fsp3) is 0.0909. The molecule has 0 bridgehead atoms. The predicted molar refractivity (Wildman–Crippen MR) is 78.2 cm³/mol. The molecule has 0 radical (unpaired) electrons. The monoisotopic (exact) mass is 337 g/mol. The van der Waals surface area contributed by atoms with Crippen LogP contribution in [-0.4, -0.2) is 35.8 Å². The summed E-state index contributed by atoms with van der Waals surface area (Å²) in [4.78, 5) is 32.8. The molecule has 0 atom stereocenters. The van der Waals surface area contributed by atoms with Gasteiger partial charge in [-0.1, -0.05) is 5.43 Å². The van der Waals surface area contributed by atoms with Gasteiger partial charge in [-0.3, -0.25) is 9.59 Å². The Labute approximate surface area is 133 Å². The molecule has 1 aliphatic heterocycles. The van der Waals surface area contributed by atoms with Crippen LogP contribution in [-0.2, 0) is 9.59 Å². The average Bonchev–Trinajstić information content (AvgIpc) is 2.99. The minimum atomic E-state index is -1.22. The van der Waals surface area contributed by atoms with Crippen molar-refractivity contribution in [1.82, 2.24) is 16.3 Å². The maximum absolute atomic E-state index is 11.4. The van der Waals surface area contributed by atoms with E-state index in [0.29, 0.717) is 17.1 Å². The largest absolute Gasteiger partial charge is 0.454 e. The normalized spacial score (nSPS) is 12.8. The molecule has 0 saturated carbocycles. The molecule has 0 aromatic heterocycles. The molecule has 0 unspecified atom stereocenters. The average molecular weight is 337 g/mol. The molecule has 1 aliphatic rings. The number of benzene rings is 1. The van der Waals surface area contributed by atoms with Gasteiger partial charge in [0.15, 0.2) is 16.5 Å². The van der Waals surface area contributed by atoms with Gasteiger partial charge in [0.1, 0.15) is 0 Å². The molecule has 2 amide bonds. The number of rotatable bonds is 4. The van der Waals surface area contributed by atoms with E-state index >= 15 is 0 Å². The van der Waals surface area contributed by atoms with Gasteiger partial charge in [0.05, 0.1) is 6.21 Å². The molecule has 1 aromatic rings. The number of nitrogens with one attached hydrogen (secondary N) is 3. The number of hydrogen-bond donors (Lipinski definition) is 4. The molecule has 0 saturated heterocycles. The molecule has 13 nitrogen and oxygen atoms in total. The number of carbonyl (C=O) groups is 2. The smallest absolute Gasteiger partial charge is 0.331 e. The van der Waals surface area contributed by atoms with E-state index in [9.17, 15) is 19.7 Å². The molecule has 13 heteroatoms. The number of nitro groups is 1. The summed E-state index contributed by atoms with van der Waals surface area (Å²) in [7, 11) is 0. The summed E-state index contributed by atoms with van der Waals surface area (Å²) in [6.45, 7) is 0.127. The lowest BCUT2D eigenvalue weighted by Crippen LogP contribution is -2.41. The van der Waals surface area contributed by atoms with Crippen LogP contribution >= 0.6 is 0 Å². The first-order valence-corrected chi connectivity index (χ1v) is 6.23. The lowest BCUT2D eigenvalue weighted by atomic mass is 10.2. The molecule has 1 heterocycles. The molecule has 0 spiro atoms. The first-order valence-electron chi connectivity index (χ1n) is 6.23. The molecule has 2 rings (SSSR count). The van der Waals surface area contributed by atoms with Gasteiger partial charge in [-0.2, -0.15) is 5.10 Å². The third-order valence-corrected chi connectivity index (χ3v) is 2.47. The predicted octanol–water partition coefficient (Wildman–Crippen LogP) is -2.01. The number of carbonyl (C=O) groups excluding carboxylic acids is 2. The molecule has 0 aliphatic carbocycles. The van der Waals surface area contributed by atoms with Gasteiger partial charge in [-0.05, 0) is 23.8 Å². The van der Waals surface area contributed by atoms with Crippen molar-refractivity contribution in [2.75, 3.05) is 6.79 Å². The van der Waals surface area contributed by atoms with Crippen LogP contribution in [0.25, 0.3) is 0 Å². The highest BCUT2D eigenvalue weighted by atomic mass is 16.7. The quantitative estimate of drug-likeness (QED) is 0.160. The van der Waals surface area contributed by atoms with E-state index in [1.165, 1.54) is 11.6 Å². The van der Waals surface area contributed by atoms with Crippen molar-refractivity contribution in [3.8, 4) is 11.5 Å². The van der Waals surface area contributed by atoms with Gasteiger partial charge in [0.25, 0.3) is 5.96 Å². The molecule has 5 N–H and O–H groups in total. The van der Waals surface area contributed by atoms with Crippen molar-refractivity contribution >= 4 is 24.0 Å². The maximum Gasteiger partial charge on any atom is 0.331 e. The van der Waals surface area contributed by atoms with Gasteiger partial charge in [-0.25, -0.2) is 21.0 Å². The first-order chi connectivity index (χ1) is 11.5. The van der Waals surface area contributed by atoms with Gasteiger partial charge < -0.3 is 15.2 Å². The zero-order valence-corrected chi connectivity index (χ0v) is 11.9. The number of nitrogens with zero attached hydrogens (tertiary/aromatic N) is 3. The number of hydrazine groups is 1. The summed E-state index contributed by atoms with van der Waals surface area (Å²) in [5.41, 5.74) is 10.8. The summed E-state index contributed by atoms with van der Waals surface area (Å²) in [6, 6.07) is 4.96. The summed E-state index contributed by atoms with van der Waals surface area (Å²) in [6.07, 6.45) is 1.28. The second kappa shape index (κ2) is 7.39. The second-order valence-electron chi connectivity index (χ2n) is 4.12. The fourth-order valence-electron chi connectivity index (χ4n) is 1.49. The number of amides is 2. The van der Waals surface area contributed by atoms with E-state index in [-0.39, 0.29) is 6.79 Å². The highest BCUT2D eigenvalue weighted by molar-refractivity contribution is 6.35. The van der Waals surface area contributed by atoms with Crippen LogP contribution in [0.2, 0.25) is 0 Å². The number of hydrazone groups is 2. The standard InChI is InChI=1S/C11H11N7O6/c12-11(17-18(21)22)16-15-10(20)9(19)14-13-4-6-1-2-7-8(3-6)24-5-23-7/h1-4H,5H2,(H,14,19)(H,15,20)(H3,12,16,17)/b13-4-. The van der Waals surface area contributed by atoms with Gasteiger partial charge >= 0.3 is 11.8 Å². The number of ether oxygens (including phenoxy) is 2. The Morgan fingerprint density at radius 1 is 1.25 bits per heavy atom. The van der Waals surface area contributed by atoms with Crippen LogP contribution in [0.5, 0.6) is 11.5 Å². The maximum atomic E-state index is 11.4. The van der Waals surface area contributed by atoms with E-state index < -0.39 is 22.8 Å². The van der Waals surface area contributed by atoms with Crippen LogP contribution in [0, 0.1) is 10.1 Å². The number of guanidine groups is 1. The van der Waals surface area contributed by atoms with Crippen LogP contribution in [0.3, 0.4) is 0 Å². The Morgan fingerprint density at radius 3 is 2.71 bits per heavy atom. The fourth-order valence-corrected chi connectivity index (χ4v) is 1.49. The summed E-state index contributed by atoms with van der Waals surface area (Å²) >= 11 is 0. The topological polar surface area (TPSA) is 183 Å². The second-order valence-corrected chi connectivity index (χ2v) is 4.12. The third kappa shape index (κ3) is 4.55. The zero-order chi connectivity index (χ0) is 17.5. The lowest BCUT2D eigenvalue weighted by molar-refractivity contribution is -0.525. The number of nitrogens with two attached hydrogens (primary N) is 1. The van der Waals surface area contributed by atoms with E-state index in [1.807, 2.05) is 5.43 Å². The highest BCUT2D eigenvalue weighted by Gasteiger charge is 2.14. The zero-order valence-electron chi connectivity index (χ0n) is 11.9. The van der Waals surface area contributed by atoms with Crippen molar-refractivity contribution in [3.63, 3.8) is 0 Å². The SMILES string of the molecule is NC(=NNC(=O)C(=O)N/N=C\c1ccc2c(c1)OCO2)N[N+](=O)[O-]. The first kappa shape index (κ1) is 16.5. The van der Waals surface area contributed by atoms with Crippen LogP contribution in [0.1, 0.15) is 5.56 Å². The molecule has 0 fully saturated rings. The Kier molecular flexibility index (Phi) is 5.07. The molecule has 1 aromatic carbocycles. The van der Waals surface area contributed by atoms with Crippen molar-refractivity contribution < 1.29 is 24.1 Å². The van der Waals surface area contributed by atoms with Crippen molar-refractivity contribution in [2.45, 2.75) is 0 Å². The van der Waals surface area contributed by atoms with Gasteiger partial charge in [-0.15, -0.1) is 5.10 Å². The Hall–Kier alpha value is -3.90. The van der Waals surface area contributed by atoms with Crippen LogP contribution < -0.4 is 31.5 Å². The minimum absolute atomic E-state index is 0.127. The van der Waals surface area contributed by atoms with Crippen LogP contribution in [0.4, 0.5) is 0 Å². The third-order valence-electron chi connectivity index (χ3n) is 2.47. The summed E-state index contributed by atoms with van der Waals surface area (Å²) in [5.74, 6) is -1.94. The Balaban J connectivity index is 1.83. The summed E-state index contributed by atoms with van der Waals surface area (Å²) in [5, 5.41) is 15.7. The van der Waals surface area contributed by atoms with E-state index in [4.69, 9.17) is 15.2 Å². The molecule has 126 valence electrons. The lowest BCUT2D eigenvalue weighted by Gasteiger charge is -2.00. The van der Waals surface area contributed by atoms with Gasteiger partial charge in [0, 0.05) is 0 Å². The van der Waals surface area contributed by atoms with E-state index in [0.717, 1.165) is 0 Å².